The van der Waals surface area contributed by atoms with Crippen LogP contribution in [0.3, 0.4) is 0 Å². The number of aromatic amines is 1. The van der Waals surface area contributed by atoms with Crippen LogP contribution in [0.5, 0.6) is 0 Å². The summed E-state index contributed by atoms with van der Waals surface area (Å²) in [6.45, 7) is 6.69. The van der Waals surface area contributed by atoms with Gasteiger partial charge in [0.25, 0.3) is 5.56 Å². The van der Waals surface area contributed by atoms with Crippen molar-refractivity contribution in [2.75, 3.05) is 39.0 Å². The van der Waals surface area contributed by atoms with Gasteiger partial charge in [-0.1, -0.05) is 19.9 Å². The van der Waals surface area contributed by atoms with Crippen LogP contribution in [0.2, 0.25) is 0 Å². The molecule has 1 aliphatic rings. The Kier molecular flexibility index (Phi) is 17.0. The molecule has 0 aliphatic carbocycles. The molecule has 1 saturated heterocycles. The average molecular weight is 795 g/mol. The number of likely N-dealkylation sites (N-methyl/N-ethyl adjacent to an activating group) is 1. The van der Waals surface area contributed by atoms with Crippen LogP contribution in [0.1, 0.15) is 58.6 Å². The molecule has 0 radical (unpaired) electrons. The topological polar surface area (TPSA) is 346 Å². The molecule has 1 fully saturated rings. The van der Waals surface area contributed by atoms with E-state index in [0.717, 1.165) is 14.0 Å². The highest BCUT2D eigenvalue weighted by atomic mass is 16.6. The Morgan fingerprint density at radius 3 is 2.41 bits per heavy atom. The van der Waals surface area contributed by atoms with Gasteiger partial charge in [0, 0.05) is 39.5 Å². The number of ether oxygens (including phenoxy) is 2. The number of hydrogen-bond donors (Lipinski definition) is 10. The molecule has 5 amide bonds. The number of hydrogen-bond acceptors (Lipinski definition) is 15. The molecule has 0 unspecified atom stereocenters. The number of nitrogens with zero attached hydrogens (tertiary/aromatic N) is 4. The second kappa shape index (κ2) is 21.1. The Balaban J connectivity index is 1.57. The van der Waals surface area contributed by atoms with Crippen molar-refractivity contribution in [1.29, 1.82) is 0 Å². The molecular formula is C33H54N12O11. The van der Waals surface area contributed by atoms with E-state index in [9.17, 15) is 43.8 Å². The number of allylic oxidation sites excluding steroid dienone is 1. The van der Waals surface area contributed by atoms with E-state index in [1.165, 1.54) is 13.1 Å². The summed E-state index contributed by atoms with van der Waals surface area (Å²) in [5, 5.41) is 29.6. The van der Waals surface area contributed by atoms with Crippen LogP contribution in [0.25, 0.3) is 11.2 Å². The lowest BCUT2D eigenvalue weighted by Crippen LogP contribution is -2.55. The lowest BCUT2D eigenvalue weighted by molar-refractivity contribution is -0.133. The van der Waals surface area contributed by atoms with E-state index < -0.39 is 84.2 Å². The third-order valence-corrected chi connectivity index (χ3v) is 8.98. The number of nitrogens with one attached hydrogen (secondary N) is 5. The van der Waals surface area contributed by atoms with Gasteiger partial charge in [-0.25, -0.2) is 20.0 Å². The highest BCUT2D eigenvalue weighted by Gasteiger charge is 2.46. The van der Waals surface area contributed by atoms with Crippen molar-refractivity contribution >= 4 is 46.8 Å². The van der Waals surface area contributed by atoms with Gasteiger partial charge in [0.05, 0.1) is 0 Å². The summed E-state index contributed by atoms with van der Waals surface area (Å²) in [7, 11) is 1.39. The van der Waals surface area contributed by atoms with Crippen LogP contribution in [-0.4, -0.2) is 128 Å². The Morgan fingerprint density at radius 2 is 1.77 bits per heavy atom. The first-order valence-corrected chi connectivity index (χ1v) is 18.1. The van der Waals surface area contributed by atoms with Crippen molar-refractivity contribution in [3.05, 3.63) is 33.5 Å². The lowest BCUT2D eigenvalue weighted by Gasteiger charge is -2.26. The van der Waals surface area contributed by atoms with Crippen molar-refractivity contribution in [3.8, 4) is 0 Å². The quantitative estimate of drug-likeness (QED) is 0.0192. The summed E-state index contributed by atoms with van der Waals surface area (Å²) in [4.78, 5) is 96.5. The molecule has 6 atom stereocenters. The van der Waals surface area contributed by atoms with Gasteiger partial charge in [0.1, 0.15) is 37.0 Å². The third kappa shape index (κ3) is 11.6. The number of aromatic nitrogens is 4. The maximum atomic E-state index is 13.3. The first kappa shape index (κ1) is 45.0. The first-order valence-electron chi connectivity index (χ1n) is 18.1. The molecule has 56 heavy (non-hydrogen) atoms. The maximum absolute atomic E-state index is 13.3. The number of imidazole rings is 1. The Labute approximate surface area is 321 Å². The number of H-pyrrole nitrogens is 1. The molecule has 1 aliphatic heterocycles. The average Bonchev–Trinajstić information content (AvgIpc) is 3.58. The third-order valence-electron chi connectivity index (χ3n) is 8.98. The van der Waals surface area contributed by atoms with E-state index >= 15 is 0 Å². The molecule has 3 heterocycles. The van der Waals surface area contributed by atoms with Crippen LogP contribution >= 0.6 is 0 Å². The maximum Gasteiger partial charge on any atom is 0.409 e. The molecule has 2 aromatic rings. The van der Waals surface area contributed by atoms with Gasteiger partial charge in [-0.15, -0.1) is 6.58 Å². The van der Waals surface area contributed by atoms with Gasteiger partial charge in [-0.2, -0.15) is 4.98 Å². The minimum atomic E-state index is -1.70. The molecule has 2 aromatic heterocycles. The van der Waals surface area contributed by atoms with E-state index in [0.29, 0.717) is 19.4 Å². The summed E-state index contributed by atoms with van der Waals surface area (Å²) in [5.74, 6) is 2.43. The van der Waals surface area contributed by atoms with E-state index in [2.05, 4.69) is 32.5 Å². The molecule has 3 rings (SSSR count). The number of carbonyl (C=O) groups is 5. The Bertz CT molecular complexity index is 1830. The summed E-state index contributed by atoms with van der Waals surface area (Å²) in [6, 6.07) is -1.95. The predicted molar refractivity (Wildman–Crippen MR) is 200 cm³/mol. The van der Waals surface area contributed by atoms with E-state index in [1.807, 2.05) is 5.43 Å². The van der Waals surface area contributed by atoms with Gasteiger partial charge in [-0.3, -0.25) is 38.9 Å². The second-order valence-corrected chi connectivity index (χ2v) is 13.6. The number of rotatable bonds is 21. The Hall–Kier alpha value is -5.36. The van der Waals surface area contributed by atoms with Crippen LogP contribution < -0.4 is 49.9 Å². The largest absolute Gasteiger partial charge is 0.447 e. The number of aliphatic hydroxyl groups is 2. The monoisotopic (exact) mass is 794 g/mol. The first-order chi connectivity index (χ1) is 26.6. The van der Waals surface area contributed by atoms with Gasteiger partial charge >= 0.3 is 11.8 Å². The lowest BCUT2D eigenvalue weighted by atomic mass is 10.0. The number of carbonyl (C=O) groups excluding carboxylic acids is 5. The molecule has 312 valence electrons. The summed E-state index contributed by atoms with van der Waals surface area (Å²) in [6.07, 6.45) is -4.06. The van der Waals surface area contributed by atoms with Gasteiger partial charge in [0.2, 0.25) is 29.6 Å². The zero-order chi connectivity index (χ0) is 41.7. The number of hydrazine groups is 1. The zero-order valence-electron chi connectivity index (χ0n) is 31.7. The number of amides is 5. The highest BCUT2D eigenvalue weighted by molar-refractivity contribution is 5.92. The molecule has 0 spiro atoms. The van der Waals surface area contributed by atoms with Crippen LogP contribution in [-0.2, 0) is 35.2 Å². The van der Waals surface area contributed by atoms with Crippen molar-refractivity contribution in [1.82, 2.24) is 45.4 Å². The number of nitrogen functional groups attached to an aromatic ring is 1. The van der Waals surface area contributed by atoms with E-state index in [1.54, 1.807) is 13.8 Å². The van der Waals surface area contributed by atoms with E-state index in [-0.39, 0.29) is 68.3 Å². The molecule has 0 bridgehead atoms. The highest BCUT2D eigenvalue weighted by Crippen LogP contribution is 2.30. The number of unbranched alkanes of at least 4 members (excludes halogenated alkanes) is 1. The minimum Gasteiger partial charge on any atom is -0.447 e. The summed E-state index contributed by atoms with van der Waals surface area (Å²) < 4.78 is 13.0. The van der Waals surface area contributed by atoms with Crippen molar-refractivity contribution in [2.24, 2.45) is 17.5 Å². The smallest absolute Gasteiger partial charge is 0.409 e. The van der Waals surface area contributed by atoms with Crippen molar-refractivity contribution < 1.29 is 43.7 Å². The zero-order valence-corrected chi connectivity index (χ0v) is 31.7. The van der Waals surface area contributed by atoms with Crippen molar-refractivity contribution in [2.45, 2.75) is 95.5 Å². The molecular weight excluding hydrogens is 740 g/mol. The SMILES string of the molecule is C=CCn1c(=O)n([C@H]2O[C@@H](COC(=O)N(C)CCNC(=O)[C@H](CCCCN)NC(=O)[C@@H](NC(=O)CCCC(=O)NN)C(C)C)[C@H](O)[C@@H]2O)c2nc(N)[nH]c(=O)c21. The molecule has 13 N–H and O–H groups in total. The molecule has 23 heteroatoms. The fourth-order valence-corrected chi connectivity index (χ4v) is 5.92. The fraction of sp³-hybridized carbons (Fsp3) is 0.636. The Morgan fingerprint density at radius 1 is 1.07 bits per heavy atom. The minimum absolute atomic E-state index is 0.0160. The molecule has 23 nitrogen and oxygen atoms in total. The number of aliphatic hydroxyl groups excluding tert-OH is 2. The van der Waals surface area contributed by atoms with Crippen LogP contribution in [0, 0.1) is 5.92 Å². The van der Waals surface area contributed by atoms with Crippen LogP contribution in [0.15, 0.2) is 22.2 Å². The van der Waals surface area contributed by atoms with Gasteiger partial charge in [-0.05, 0) is 38.1 Å². The van der Waals surface area contributed by atoms with Crippen molar-refractivity contribution in [3.63, 3.8) is 0 Å². The molecule has 0 aromatic carbocycles. The molecule has 0 saturated carbocycles. The number of fused-ring (bicyclic) bond motifs is 1. The summed E-state index contributed by atoms with van der Waals surface area (Å²) >= 11 is 0. The normalized spacial score (nSPS) is 18.9. The van der Waals surface area contributed by atoms with Gasteiger partial charge < -0.3 is 52.0 Å². The van der Waals surface area contributed by atoms with Crippen LogP contribution in [0.4, 0.5) is 10.7 Å². The summed E-state index contributed by atoms with van der Waals surface area (Å²) in [5.41, 5.74) is 11.4. The fourth-order valence-electron chi connectivity index (χ4n) is 5.92. The standard InChI is InChI=1S/C33H54N12O11/c1-5-14-44-23-26(40-31(35)41-29(23)52)45(32(44)53)30-25(49)24(48)19(56-30)16-55-33(54)43(4)15-13-37-27(50)18(9-6-7-12-34)38-28(51)22(17(2)3)39-20(46)10-8-11-21(47)42-36/h5,17-19,22,24-25,30,48-49H,1,6-16,34,36H2,2-4H3,(H,37,50)(H,38,51)(H,39,46)(H,42,47)(H3,35,40,41,52)/t18-,19-,22-,24-,25-,30-/m0/s1. The second-order valence-electron chi connectivity index (χ2n) is 13.6. The number of anilines is 1. The van der Waals surface area contributed by atoms with Gasteiger partial charge in [0.15, 0.2) is 17.4 Å². The van der Waals surface area contributed by atoms with E-state index in [4.69, 9.17) is 26.8 Å². The predicted octanol–water partition coefficient (Wildman–Crippen LogP) is -3.63. The number of nitrogens with two attached hydrogens (primary N) is 3.